The molecule has 0 aromatic rings. The summed E-state index contributed by atoms with van der Waals surface area (Å²) in [5, 5.41) is 3.40. The second-order valence-electron chi connectivity index (χ2n) is 3.71. The number of rotatable bonds is 0. The lowest BCUT2D eigenvalue weighted by Crippen LogP contribution is -2.32. The number of hydrogen-bond donors (Lipinski definition) is 1. The molecule has 3 unspecified atom stereocenters. The summed E-state index contributed by atoms with van der Waals surface area (Å²) < 4.78 is 0. The highest BCUT2D eigenvalue weighted by Crippen LogP contribution is 2.31. The van der Waals surface area contributed by atoms with Crippen LogP contribution >= 0.6 is 0 Å². The van der Waals surface area contributed by atoms with Gasteiger partial charge in [0.05, 0.1) is 0 Å². The van der Waals surface area contributed by atoms with Gasteiger partial charge in [-0.25, -0.2) is 0 Å². The van der Waals surface area contributed by atoms with Crippen molar-refractivity contribution < 1.29 is 0 Å². The number of fused-ring (bicyclic) bond motifs is 1. The SMILES string of the molecule is CC1CCC2NC=CC2C1. The Bertz CT molecular complexity index is 151. The summed E-state index contributed by atoms with van der Waals surface area (Å²) in [5.74, 6) is 1.80. The summed E-state index contributed by atoms with van der Waals surface area (Å²) in [6, 6.07) is 0.788. The molecule has 0 bridgehead atoms. The van der Waals surface area contributed by atoms with E-state index < -0.39 is 0 Å². The van der Waals surface area contributed by atoms with Gasteiger partial charge >= 0.3 is 0 Å². The fourth-order valence-electron chi connectivity index (χ4n) is 2.15. The Kier molecular flexibility index (Phi) is 1.44. The maximum atomic E-state index is 3.40. The van der Waals surface area contributed by atoms with E-state index in [4.69, 9.17) is 0 Å². The van der Waals surface area contributed by atoms with E-state index >= 15 is 0 Å². The van der Waals surface area contributed by atoms with E-state index in [-0.39, 0.29) is 0 Å². The van der Waals surface area contributed by atoms with Crippen molar-refractivity contribution in [1.29, 1.82) is 0 Å². The van der Waals surface area contributed by atoms with Crippen molar-refractivity contribution in [3.8, 4) is 0 Å². The molecule has 1 aliphatic carbocycles. The molecule has 0 spiro atoms. The first kappa shape index (κ1) is 6.26. The zero-order valence-electron chi connectivity index (χ0n) is 6.51. The summed E-state index contributed by atoms with van der Waals surface area (Å²) >= 11 is 0. The Morgan fingerprint density at radius 3 is 3.20 bits per heavy atom. The molecule has 2 aliphatic rings. The molecule has 1 nitrogen and oxygen atoms in total. The molecular formula is C9H15N. The monoisotopic (exact) mass is 137 g/mol. The lowest BCUT2D eigenvalue weighted by atomic mass is 9.80. The topological polar surface area (TPSA) is 12.0 Å². The van der Waals surface area contributed by atoms with Gasteiger partial charge in [-0.15, -0.1) is 0 Å². The zero-order chi connectivity index (χ0) is 6.97. The van der Waals surface area contributed by atoms with Crippen LogP contribution in [0.4, 0.5) is 0 Å². The summed E-state index contributed by atoms with van der Waals surface area (Å²) in [6.07, 6.45) is 8.65. The lowest BCUT2D eigenvalue weighted by Gasteiger charge is -2.29. The molecule has 1 N–H and O–H groups in total. The van der Waals surface area contributed by atoms with Gasteiger partial charge in [-0.3, -0.25) is 0 Å². The number of nitrogens with one attached hydrogen (secondary N) is 1. The highest BCUT2D eigenvalue weighted by atomic mass is 14.9. The highest BCUT2D eigenvalue weighted by Gasteiger charge is 2.28. The lowest BCUT2D eigenvalue weighted by molar-refractivity contribution is 0.281. The first-order chi connectivity index (χ1) is 4.86. The molecule has 1 aliphatic heterocycles. The van der Waals surface area contributed by atoms with Gasteiger partial charge in [-0.1, -0.05) is 13.0 Å². The van der Waals surface area contributed by atoms with Gasteiger partial charge in [0.2, 0.25) is 0 Å². The molecule has 0 amide bonds. The summed E-state index contributed by atoms with van der Waals surface area (Å²) in [4.78, 5) is 0. The molecule has 1 heteroatoms. The van der Waals surface area contributed by atoms with Gasteiger partial charge in [0, 0.05) is 6.04 Å². The van der Waals surface area contributed by atoms with Gasteiger partial charge in [0.25, 0.3) is 0 Å². The van der Waals surface area contributed by atoms with Crippen LogP contribution in [0.25, 0.3) is 0 Å². The highest BCUT2D eigenvalue weighted by molar-refractivity contribution is 5.04. The third kappa shape index (κ3) is 0.938. The summed E-state index contributed by atoms with van der Waals surface area (Å²) in [6.45, 7) is 2.36. The maximum Gasteiger partial charge on any atom is 0.0319 e. The zero-order valence-corrected chi connectivity index (χ0v) is 6.51. The van der Waals surface area contributed by atoms with Crippen molar-refractivity contribution in [3.63, 3.8) is 0 Å². The van der Waals surface area contributed by atoms with Crippen molar-refractivity contribution in [3.05, 3.63) is 12.3 Å². The molecule has 0 radical (unpaired) electrons. The molecule has 2 rings (SSSR count). The standard InChI is InChI=1S/C9H15N/c1-7-2-3-9-8(6-7)4-5-10-9/h4-5,7-10H,2-3,6H2,1H3. The van der Waals surface area contributed by atoms with Crippen LogP contribution in [0, 0.1) is 11.8 Å². The first-order valence-electron chi connectivity index (χ1n) is 4.29. The van der Waals surface area contributed by atoms with Gasteiger partial charge < -0.3 is 5.32 Å². The van der Waals surface area contributed by atoms with Crippen LogP contribution < -0.4 is 5.32 Å². The molecule has 0 aromatic carbocycles. The van der Waals surface area contributed by atoms with Crippen molar-refractivity contribution in [2.24, 2.45) is 11.8 Å². The minimum atomic E-state index is 0.788. The smallest absolute Gasteiger partial charge is 0.0319 e. The van der Waals surface area contributed by atoms with E-state index in [2.05, 4.69) is 24.5 Å². The van der Waals surface area contributed by atoms with Crippen LogP contribution in [0.2, 0.25) is 0 Å². The van der Waals surface area contributed by atoms with Crippen LogP contribution in [0.1, 0.15) is 26.2 Å². The van der Waals surface area contributed by atoms with E-state index in [1.165, 1.54) is 19.3 Å². The van der Waals surface area contributed by atoms with Crippen molar-refractivity contribution >= 4 is 0 Å². The van der Waals surface area contributed by atoms with Crippen molar-refractivity contribution in [2.45, 2.75) is 32.2 Å². The Morgan fingerprint density at radius 2 is 2.30 bits per heavy atom. The Hall–Kier alpha value is -0.460. The van der Waals surface area contributed by atoms with Crippen molar-refractivity contribution in [1.82, 2.24) is 5.32 Å². The first-order valence-corrected chi connectivity index (χ1v) is 4.29. The summed E-state index contributed by atoms with van der Waals surface area (Å²) in [7, 11) is 0. The van der Waals surface area contributed by atoms with Gasteiger partial charge in [0.15, 0.2) is 0 Å². The van der Waals surface area contributed by atoms with E-state index in [0.29, 0.717) is 0 Å². The average molecular weight is 137 g/mol. The molecule has 1 saturated carbocycles. The average Bonchev–Trinajstić information content (AvgIpc) is 2.33. The van der Waals surface area contributed by atoms with Crippen LogP contribution in [0.3, 0.4) is 0 Å². The minimum absolute atomic E-state index is 0.788. The largest absolute Gasteiger partial charge is 0.388 e. The molecule has 0 aromatic heterocycles. The quantitative estimate of drug-likeness (QED) is 0.537. The molecule has 10 heavy (non-hydrogen) atoms. The van der Waals surface area contributed by atoms with Crippen LogP contribution in [0.5, 0.6) is 0 Å². The van der Waals surface area contributed by atoms with E-state index in [9.17, 15) is 0 Å². The van der Waals surface area contributed by atoms with Gasteiger partial charge in [-0.2, -0.15) is 0 Å². The molecule has 3 atom stereocenters. The van der Waals surface area contributed by atoms with Crippen molar-refractivity contribution in [2.75, 3.05) is 0 Å². The second kappa shape index (κ2) is 2.30. The van der Waals surface area contributed by atoms with Crippen LogP contribution in [-0.4, -0.2) is 6.04 Å². The van der Waals surface area contributed by atoms with Gasteiger partial charge in [0.1, 0.15) is 0 Å². The fourth-order valence-corrected chi connectivity index (χ4v) is 2.15. The van der Waals surface area contributed by atoms with Gasteiger partial charge in [-0.05, 0) is 37.3 Å². The van der Waals surface area contributed by atoms with Crippen LogP contribution in [-0.2, 0) is 0 Å². The van der Waals surface area contributed by atoms with E-state index in [1.54, 1.807) is 0 Å². The molecule has 0 saturated heterocycles. The van der Waals surface area contributed by atoms with E-state index in [1.807, 2.05) is 0 Å². The second-order valence-corrected chi connectivity index (χ2v) is 3.71. The molecule has 1 heterocycles. The fraction of sp³-hybridized carbons (Fsp3) is 0.778. The Balaban J connectivity index is 2.01. The molecular weight excluding hydrogens is 122 g/mol. The Labute approximate surface area is 62.5 Å². The third-order valence-electron chi connectivity index (χ3n) is 2.82. The maximum absolute atomic E-state index is 3.40. The molecule has 56 valence electrons. The normalized spacial score (nSPS) is 44.7. The predicted octanol–water partition coefficient (Wildman–Crippen LogP) is 1.91. The minimum Gasteiger partial charge on any atom is -0.388 e. The third-order valence-corrected chi connectivity index (χ3v) is 2.82. The van der Waals surface area contributed by atoms with E-state index in [0.717, 1.165) is 17.9 Å². The Morgan fingerprint density at radius 1 is 1.40 bits per heavy atom. The predicted molar refractivity (Wildman–Crippen MR) is 42.6 cm³/mol. The molecule has 1 fully saturated rings. The summed E-state index contributed by atoms with van der Waals surface area (Å²) in [5.41, 5.74) is 0. The number of hydrogen-bond acceptors (Lipinski definition) is 1. The van der Waals surface area contributed by atoms with Crippen LogP contribution in [0.15, 0.2) is 12.3 Å².